The van der Waals surface area contributed by atoms with Crippen LogP contribution in [0.2, 0.25) is 0 Å². The Morgan fingerprint density at radius 1 is 1.03 bits per heavy atom. The molecule has 2 heterocycles. The number of aromatic nitrogens is 2. The fourth-order valence-electron chi connectivity index (χ4n) is 2.03. The van der Waals surface area contributed by atoms with Crippen LogP contribution in [0.25, 0.3) is 0 Å². The normalized spacial score (nSPS) is 9.83. The molecule has 0 aliphatic rings. The number of nitrogens with zero attached hydrogens (tertiary/aromatic N) is 3. The zero-order chi connectivity index (χ0) is 21.1. The number of ether oxygens (including phenoxy) is 2. The Morgan fingerprint density at radius 3 is 1.83 bits per heavy atom. The number of nitriles is 1. The summed E-state index contributed by atoms with van der Waals surface area (Å²) in [6, 6.07) is 18.8. The van der Waals surface area contributed by atoms with Gasteiger partial charge in [-0.15, -0.1) is 12.1 Å². The van der Waals surface area contributed by atoms with Crippen molar-refractivity contribution in [1.29, 1.82) is 5.26 Å². The van der Waals surface area contributed by atoms with E-state index in [9.17, 15) is 4.79 Å². The first-order valence-electron chi connectivity index (χ1n) is 8.49. The molecule has 0 fully saturated rings. The van der Waals surface area contributed by atoms with Crippen molar-refractivity contribution in [2.75, 3.05) is 0 Å². The van der Waals surface area contributed by atoms with Crippen LogP contribution in [0, 0.1) is 17.4 Å². The van der Waals surface area contributed by atoms with Crippen molar-refractivity contribution in [3.8, 4) is 29.3 Å². The van der Waals surface area contributed by atoms with Crippen molar-refractivity contribution < 1.29 is 40.4 Å². The fraction of sp³-hybridized carbons (Fsp3) is 0.0909. The minimum atomic E-state index is -0.125. The zero-order valence-corrected chi connectivity index (χ0v) is 18.5. The number of carbonyl (C=O) groups excluding carboxylic acids is 1. The second-order valence-electron chi connectivity index (χ2n) is 5.65. The minimum Gasteiger partial charge on any atom is -0.512 e. The van der Waals surface area contributed by atoms with E-state index in [0.717, 1.165) is 0 Å². The maximum Gasteiger partial charge on any atom is 0.216 e. The van der Waals surface area contributed by atoms with Gasteiger partial charge in [0.2, 0.25) is 11.8 Å². The summed E-state index contributed by atoms with van der Waals surface area (Å²) in [5.74, 6) is 1.47. The van der Waals surface area contributed by atoms with Gasteiger partial charge in [0, 0.05) is 63.2 Å². The van der Waals surface area contributed by atoms with Crippen LogP contribution in [-0.4, -0.2) is 20.9 Å². The van der Waals surface area contributed by atoms with Gasteiger partial charge >= 0.3 is 0 Å². The molecular weight excluding hydrogens is 565 g/mol. The summed E-state index contributed by atoms with van der Waals surface area (Å²) in [6.07, 6.45) is 4.41. The van der Waals surface area contributed by atoms with Crippen LogP contribution in [0.1, 0.15) is 19.4 Å². The van der Waals surface area contributed by atoms with Crippen LogP contribution in [0.15, 0.2) is 72.8 Å². The molecule has 0 spiro atoms. The number of benzene rings is 1. The Hall–Kier alpha value is -3.49. The summed E-state index contributed by atoms with van der Waals surface area (Å²) in [7, 11) is 0. The molecule has 0 atom stereocenters. The average molecular weight is 583 g/mol. The first kappa shape index (κ1) is 24.5. The van der Waals surface area contributed by atoms with E-state index in [0.29, 0.717) is 28.8 Å². The number of carbonyl (C=O) groups is 1. The summed E-state index contributed by atoms with van der Waals surface area (Å²) >= 11 is 0. The monoisotopic (exact) mass is 583 g/mol. The van der Waals surface area contributed by atoms with Crippen LogP contribution < -0.4 is 9.47 Å². The molecule has 1 aromatic carbocycles. The maximum absolute atomic E-state index is 10.0. The molecule has 2 aromatic heterocycles. The molecule has 0 radical (unpaired) electrons. The van der Waals surface area contributed by atoms with Crippen molar-refractivity contribution in [2.24, 2.45) is 0 Å². The third-order valence-corrected chi connectivity index (χ3v) is 3.07. The SMILES string of the molecule is CC(=O)/C=C(/C)O.N#Cc1cc(Oc2ccccn2)[c-]c(Oc2ccccn2)c1.[Pt]. The van der Waals surface area contributed by atoms with E-state index in [1.807, 2.05) is 12.1 Å². The maximum atomic E-state index is 10.0. The number of allylic oxidation sites excluding steroid dienone is 2. The molecular formula is C22H18N3O4Pt-. The molecule has 0 saturated carbocycles. The molecule has 3 rings (SSSR count). The topological polar surface area (TPSA) is 105 Å². The molecule has 0 unspecified atom stereocenters. The molecule has 0 aliphatic heterocycles. The smallest absolute Gasteiger partial charge is 0.216 e. The van der Waals surface area contributed by atoms with Gasteiger partial charge in [0.1, 0.15) is 0 Å². The minimum absolute atomic E-state index is 0. The summed E-state index contributed by atoms with van der Waals surface area (Å²) in [6.45, 7) is 2.85. The van der Waals surface area contributed by atoms with Crippen molar-refractivity contribution in [3.63, 3.8) is 0 Å². The Morgan fingerprint density at radius 2 is 1.53 bits per heavy atom. The molecule has 0 amide bonds. The van der Waals surface area contributed by atoms with E-state index >= 15 is 0 Å². The molecule has 7 nitrogen and oxygen atoms in total. The van der Waals surface area contributed by atoms with Gasteiger partial charge in [0.25, 0.3) is 0 Å². The van der Waals surface area contributed by atoms with E-state index in [2.05, 4.69) is 22.1 Å². The van der Waals surface area contributed by atoms with Gasteiger partial charge in [-0.25, -0.2) is 9.97 Å². The second kappa shape index (κ2) is 12.9. The molecule has 3 aromatic rings. The van der Waals surface area contributed by atoms with Crippen LogP contribution in [0.3, 0.4) is 0 Å². The van der Waals surface area contributed by atoms with E-state index in [-0.39, 0.29) is 32.6 Å². The number of ketones is 1. The van der Waals surface area contributed by atoms with Gasteiger partial charge < -0.3 is 14.6 Å². The standard InChI is InChI=1S/C17H10N3O2.C5H8O2.Pt/c18-12-13-9-14(21-16-5-1-3-7-19-16)11-15(10-13)22-17-6-2-4-8-20-17;1-4(6)3-5(2)7;/h1-10H;3,6H,1-2H3;/q-1;;/b;4-3-;. The molecule has 30 heavy (non-hydrogen) atoms. The van der Waals surface area contributed by atoms with Gasteiger partial charge in [0.05, 0.1) is 11.8 Å². The molecule has 0 aliphatic carbocycles. The zero-order valence-electron chi connectivity index (χ0n) is 16.2. The number of hydrogen-bond acceptors (Lipinski definition) is 7. The van der Waals surface area contributed by atoms with Crippen LogP contribution in [0.4, 0.5) is 0 Å². The Labute approximate surface area is 188 Å². The summed E-state index contributed by atoms with van der Waals surface area (Å²) in [5.41, 5.74) is 0.399. The first-order valence-corrected chi connectivity index (χ1v) is 8.49. The average Bonchev–Trinajstić information content (AvgIpc) is 2.69. The Bertz CT molecular complexity index is 956. The molecule has 8 heteroatoms. The van der Waals surface area contributed by atoms with Crippen LogP contribution in [0.5, 0.6) is 23.3 Å². The van der Waals surface area contributed by atoms with Crippen molar-refractivity contribution in [3.05, 3.63) is 84.4 Å². The number of aliphatic hydroxyl groups is 1. The first-order chi connectivity index (χ1) is 14.0. The number of aliphatic hydroxyl groups excluding tert-OH is 1. The van der Waals surface area contributed by atoms with Crippen molar-refractivity contribution in [2.45, 2.75) is 13.8 Å². The van der Waals surface area contributed by atoms with Gasteiger partial charge in [-0.2, -0.15) is 5.26 Å². The van der Waals surface area contributed by atoms with Gasteiger partial charge in [-0.05, 0) is 31.5 Å². The van der Waals surface area contributed by atoms with Crippen molar-refractivity contribution in [1.82, 2.24) is 9.97 Å². The van der Waals surface area contributed by atoms with E-state index < -0.39 is 0 Å². The fourth-order valence-corrected chi connectivity index (χ4v) is 2.03. The third kappa shape index (κ3) is 9.13. The number of hydrogen-bond donors (Lipinski definition) is 1. The third-order valence-electron chi connectivity index (χ3n) is 3.07. The quantitative estimate of drug-likeness (QED) is 0.262. The summed E-state index contributed by atoms with van der Waals surface area (Å²) < 4.78 is 11.2. The van der Waals surface area contributed by atoms with Gasteiger partial charge in [0.15, 0.2) is 5.78 Å². The summed E-state index contributed by atoms with van der Waals surface area (Å²) in [5, 5.41) is 17.5. The number of rotatable bonds is 5. The van der Waals surface area contributed by atoms with E-state index in [1.165, 1.54) is 19.9 Å². The van der Waals surface area contributed by atoms with Crippen LogP contribution in [-0.2, 0) is 25.9 Å². The van der Waals surface area contributed by atoms with E-state index in [1.54, 1.807) is 48.8 Å². The number of pyridine rings is 2. The predicted molar refractivity (Wildman–Crippen MR) is 106 cm³/mol. The molecule has 0 bridgehead atoms. The van der Waals surface area contributed by atoms with Crippen molar-refractivity contribution >= 4 is 5.78 Å². The Kier molecular flexibility index (Phi) is 10.5. The summed E-state index contributed by atoms with van der Waals surface area (Å²) in [4.78, 5) is 18.1. The van der Waals surface area contributed by atoms with E-state index in [4.69, 9.17) is 19.8 Å². The molecule has 156 valence electrons. The van der Waals surface area contributed by atoms with Gasteiger partial charge in [-0.3, -0.25) is 4.79 Å². The van der Waals surface area contributed by atoms with Crippen LogP contribution >= 0.6 is 0 Å². The predicted octanol–water partition coefficient (Wildman–Crippen LogP) is 4.77. The molecule has 0 saturated heterocycles. The van der Waals surface area contributed by atoms with Gasteiger partial charge in [-0.1, -0.05) is 18.2 Å². The molecule has 1 N–H and O–H groups in total. The largest absolute Gasteiger partial charge is 0.512 e. The Balaban J connectivity index is 0.000000489. The second-order valence-corrected chi connectivity index (χ2v) is 5.65.